The Bertz CT molecular complexity index is 645. The van der Waals surface area contributed by atoms with E-state index in [0.717, 1.165) is 0 Å². The number of halogens is 2. The molecule has 0 aliphatic carbocycles. The van der Waals surface area contributed by atoms with Gasteiger partial charge in [0.05, 0.1) is 16.3 Å². The standard InChI is InChI=1S/C13H10Cl2N2O2/c14-7-2-1-3-9(4-7)17-12-10(13(18)19)5-8(16)6-11(12)15/h1-6,17H,16H2,(H,18,19). The van der Waals surface area contributed by atoms with Crippen LogP contribution in [0.5, 0.6) is 0 Å². The van der Waals surface area contributed by atoms with Crippen molar-refractivity contribution in [3.8, 4) is 0 Å². The van der Waals surface area contributed by atoms with Gasteiger partial charge in [-0.15, -0.1) is 0 Å². The van der Waals surface area contributed by atoms with E-state index in [1.165, 1.54) is 12.1 Å². The predicted octanol–water partition coefficient (Wildman–Crippen LogP) is 4.02. The lowest BCUT2D eigenvalue weighted by Crippen LogP contribution is -2.04. The third-order valence-electron chi connectivity index (χ3n) is 2.44. The summed E-state index contributed by atoms with van der Waals surface area (Å²) in [5.74, 6) is -1.11. The normalized spacial score (nSPS) is 10.2. The van der Waals surface area contributed by atoms with Gasteiger partial charge < -0.3 is 16.2 Å². The zero-order chi connectivity index (χ0) is 14.0. The molecule has 6 heteroatoms. The van der Waals surface area contributed by atoms with Gasteiger partial charge in [-0.25, -0.2) is 4.79 Å². The molecule has 0 spiro atoms. The van der Waals surface area contributed by atoms with Crippen molar-refractivity contribution in [3.05, 3.63) is 52.0 Å². The molecule has 4 N–H and O–H groups in total. The Labute approximate surface area is 119 Å². The van der Waals surface area contributed by atoms with Gasteiger partial charge in [0.25, 0.3) is 0 Å². The Morgan fingerprint density at radius 3 is 2.58 bits per heavy atom. The first-order chi connectivity index (χ1) is 8.97. The van der Waals surface area contributed by atoms with Crippen LogP contribution in [0.3, 0.4) is 0 Å². The average Bonchev–Trinajstić information content (AvgIpc) is 2.32. The van der Waals surface area contributed by atoms with E-state index in [-0.39, 0.29) is 16.3 Å². The van der Waals surface area contributed by atoms with Gasteiger partial charge in [-0.05, 0) is 30.3 Å². The second-order valence-corrected chi connectivity index (χ2v) is 4.71. The molecule has 0 saturated heterocycles. The van der Waals surface area contributed by atoms with Gasteiger partial charge in [0.2, 0.25) is 0 Å². The van der Waals surface area contributed by atoms with E-state index < -0.39 is 5.97 Å². The number of hydrogen-bond donors (Lipinski definition) is 3. The lowest BCUT2D eigenvalue weighted by atomic mass is 10.1. The number of nitrogen functional groups attached to an aromatic ring is 1. The second-order valence-electron chi connectivity index (χ2n) is 3.87. The number of nitrogens with one attached hydrogen (secondary N) is 1. The molecule has 0 saturated carbocycles. The molecule has 0 aliphatic heterocycles. The van der Waals surface area contributed by atoms with Crippen LogP contribution < -0.4 is 11.1 Å². The van der Waals surface area contributed by atoms with E-state index in [4.69, 9.17) is 34.0 Å². The van der Waals surface area contributed by atoms with E-state index in [9.17, 15) is 4.79 Å². The Morgan fingerprint density at radius 1 is 1.21 bits per heavy atom. The number of carboxylic acids is 1. The summed E-state index contributed by atoms with van der Waals surface area (Å²) in [5.41, 5.74) is 6.81. The molecule has 0 amide bonds. The zero-order valence-electron chi connectivity index (χ0n) is 9.65. The third-order valence-corrected chi connectivity index (χ3v) is 2.97. The zero-order valence-corrected chi connectivity index (χ0v) is 11.2. The summed E-state index contributed by atoms with van der Waals surface area (Å²) >= 11 is 11.9. The SMILES string of the molecule is Nc1cc(Cl)c(Nc2cccc(Cl)c2)c(C(=O)O)c1. The second kappa shape index (κ2) is 5.38. The monoisotopic (exact) mass is 296 g/mol. The molecule has 2 aromatic rings. The van der Waals surface area contributed by atoms with Crippen molar-refractivity contribution in [2.45, 2.75) is 0 Å². The first kappa shape index (κ1) is 13.5. The lowest BCUT2D eigenvalue weighted by Gasteiger charge is -2.12. The molecule has 0 aliphatic rings. The molecule has 0 heterocycles. The van der Waals surface area contributed by atoms with E-state index >= 15 is 0 Å². The highest BCUT2D eigenvalue weighted by Crippen LogP contribution is 2.32. The van der Waals surface area contributed by atoms with Crippen molar-refractivity contribution < 1.29 is 9.90 Å². The quantitative estimate of drug-likeness (QED) is 0.748. The van der Waals surface area contributed by atoms with Crippen LogP contribution in [0.2, 0.25) is 10.0 Å². The van der Waals surface area contributed by atoms with Crippen molar-refractivity contribution in [1.82, 2.24) is 0 Å². The topological polar surface area (TPSA) is 75.3 Å². The summed E-state index contributed by atoms with van der Waals surface area (Å²) < 4.78 is 0. The van der Waals surface area contributed by atoms with Crippen molar-refractivity contribution in [2.24, 2.45) is 0 Å². The highest BCUT2D eigenvalue weighted by Gasteiger charge is 2.15. The van der Waals surface area contributed by atoms with E-state index in [1.807, 2.05) is 0 Å². The number of nitrogens with two attached hydrogens (primary N) is 1. The smallest absolute Gasteiger partial charge is 0.337 e. The summed E-state index contributed by atoms with van der Waals surface area (Å²) in [7, 11) is 0. The number of rotatable bonds is 3. The molecular formula is C13H10Cl2N2O2. The highest BCUT2D eigenvalue weighted by molar-refractivity contribution is 6.34. The molecule has 2 aromatic carbocycles. The van der Waals surface area contributed by atoms with Crippen LogP contribution in [0.4, 0.5) is 17.1 Å². The van der Waals surface area contributed by atoms with Gasteiger partial charge in [0, 0.05) is 16.4 Å². The number of benzene rings is 2. The minimum Gasteiger partial charge on any atom is -0.478 e. The third kappa shape index (κ3) is 3.10. The lowest BCUT2D eigenvalue weighted by molar-refractivity contribution is 0.0698. The van der Waals surface area contributed by atoms with E-state index in [0.29, 0.717) is 16.4 Å². The Balaban J connectivity index is 2.47. The Kier molecular flexibility index (Phi) is 3.83. The van der Waals surface area contributed by atoms with Crippen LogP contribution in [0.1, 0.15) is 10.4 Å². The Hall–Kier alpha value is -1.91. The average molecular weight is 297 g/mol. The summed E-state index contributed by atoms with van der Waals surface area (Å²) in [5, 5.41) is 12.9. The van der Waals surface area contributed by atoms with Crippen LogP contribution in [-0.4, -0.2) is 11.1 Å². The van der Waals surface area contributed by atoms with Gasteiger partial charge >= 0.3 is 5.97 Å². The van der Waals surface area contributed by atoms with Crippen LogP contribution in [-0.2, 0) is 0 Å². The molecule has 0 atom stereocenters. The maximum Gasteiger partial charge on any atom is 0.337 e. The number of anilines is 3. The van der Waals surface area contributed by atoms with E-state index in [2.05, 4.69) is 5.32 Å². The van der Waals surface area contributed by atoms with Gasteiger partial charge in [-0.2, -0.15) is 0 Å². The molecule has 0 unspecified atom stereocenters. The molecule has 0 aromatic heterocycles. The molecular weight excluding hydrogens is 287 g/mol. The largest absolute Gasteiger partial charge is 0.478 e. The predicted molar refractivity (Wildman–Crippen MR) is 77.6 cm³/mol. The number of hydrogen-bond acceptors (Lipinski definition) is 3. The van der Waals surface area contributed by atoms with Crippen LogP contribution in [0.15, 0.2) is 36.4 Å². The fourth-order valence-corrected chi connectivity index (χ4v) is 2.10. The fraction of sp³-hybridized carbons (Fsp3) is 0. The minimum atomic E-state index is -1.11. The maximum atomic E-state index is 11.2. The number of carboxylic acid groups (broad SMARTS) is 1. The van der Waals surface area contributed by atoms with Crippen molar-refractivity contribution >= 4 is 46.2 Å². The fourth-order valence-electron chi connectivity index (χ4n) is 1.63. The summed E-state index contributed by atoms with van der Waals surface area (Å²) in [4.78, 5) is 11.2. The molecule has 4 nitrogen and oxygen atoms in total. The summed E-state index contributed by atoms with van der Waals surface area (Å²) in [6.45, 7) is 0. The summed E-state index contributed by atoms with van der Waals surface area (Å²) in [6.07, 6.45) is 0. The summed E-state index contributed by atoms with van der Waals surface area (Å²) in [6, 6.07) is 9.72. The molecule has 0 bridgehead atoms. The first-order valence-electron chi connectivity index (χ1n) is 5.32. The molecule has 0 radical (unpaired) electrons. The van der Waals surface area contributed by atoms with E-state index in [1.54, 1.807) is 24.3 Å². The molecule has 2 rings (SSSR count). The van der Waals surface area contributed by atoms with Crippen LogP contribution in [0.25, 0.3) is 0 Å². The maximum absolute atomic E-state index is 11.2. The number of aromatic carboxylic acids is 1. The number of carbonyl (C=O) groups is 1. The molecule has 0 fully saturated rings. The van der Waals surface area contributed by atoms with Crippen molar-refractivity contribution in [1.29, 1.82) is 0 Å². The van der Waals surface area contributed by atoms with Gasteiger partial charge in [-0.1, -0.05) is 29.3 Å². The molecule has 19 heavy (non-hydrogen) atoms. The van der Waals surface area contributed by atoms with Gasteiger partial charge in [-0.3, -0.25) is 0 Å². The van der Waals surface area contributed by atoms with Gasteiger partial charge in [0.15, 0.2) is 0 Å². The van der Waals surface area contributed by atoms with Crippen LogP contribution in [0, 0.1) is 0 Å². The van der Waals surface area contributed by atoms with Gasteiger partial charge in [0.1, 0.15) is 0 Å². The highest BCUT2D eigenvalue weighted by atomic mass is 35.5. The minimum absolute atomic E-state index is 0.00461. The first-order valence-corrected chi connectivity index (χ1v) is 6.08. The van der Waals surface area contributed by atoms with Crippen molar-refractivity contribution in [3.63, 3.8) is 0 Å². The van der Waals surface area contributed by atoms with Crippen molar-refractivity contribution in [2.75, 3.05) is 11.1 Å². The Morgan fingerprint density at radius 2 is 1.95 bits per heavy atom. The molecule has 98 valence electrons. The van der Waals surface area contributed by atoms with Crippen LogP contribution >= 0.6 is 23.2 Å².